The molecule has 1 aliphatic rings. The van der Waals surface area contributed by atoms with Gasteiger partial charge in [-0.2, -0.15) is 13.2 Å². The Labute approximate surface area is 171 Å². The molecule has 1 aromatic carbocycles. The number of aryl methyl sites for hydroxylation is 1. The zero-order valence-electron chi connectivity index (χ0n) is 18.6. The van der Waals surface area contributed by atoms with Gasteiger partial charge < -0.3 is 4.74 Å². The lowest BCUT2D eigenvalue weighted by atomic mass is 10.1. The first-order chi connectivity index (χ1) is 13.5. The van der Waals surface area contributed by atoms with E-state index in [1.54, 1.807) is 19.1 Å². The number of hydrogen-bond donors (Lipinski definition) is 0. The molecule has 170 valence electrons. The molecule has 1 aliphatic carbocycles. The fourth-order valence-electron chi connectivity index (χ4n) is 1.93. The normalized spacial score (nSPS) is 12.6. The maximum atomic E-state index is 12.0. The number of alkyl halides is 6. The first-order valence-electron chi connectivity index (χ1n) is 9.75. The van der Waals surface area contributed by atoms with Crippen molar-refractivity contribution < 1.29 is 31.1 Å². The highest BCUT2D eigenvalue weighted by Gasteiger charge is 2.32. The Balaban J connectivity index is -0.000000371. The van der Waals surface area contributed by atoms with Crippen LogP contribution in [-0.4, -0.2) is 6.36 Å². The number of benzene rings is 1. The average molecular weight is 429 g/mol. The Morgan fingerprint density at radius 2 is 1.28 bits per heavy atom. The summed E-state index contributed by atoms with van der Waals surface area (Å²) in [6.45, 7) is 15.1. The maximum absolute atomic E-state index is 12.0. The SMILES string of the molecule is CC.CC.CC.CC1=C(OC(F)(F)F)CCC=C1.Cc1ccccc1C(F)(F)F. The van der Waals surface area contributed by atoms with E-state index in [2.05, 4.69) is 4.74 Å². The second-order valence-corrected chi connectivity index (χ2v) is 4.91. The third-order valence-corrected chi connectivity index (χ3v) is 3.04. The fraction of sp³-hybridized carbons (Fsp3) is 0.545. The van der Waals surface area contributed by atoms with Crippen LogP contribution in [0, 0.1) is 6.92 Å². The van der Waals surface area contributed by atoms with Crippen molar-refractivity contribution in [3.63, 3.8) is 0 Å². The van der Waals surface area contributed by atoms with Crippen molar-refractivity contribution in [1.82, 2.24) is 0 Å². The molecule has 0 bridgehead atoms. The zero-order chi connectivity index (χ0) is 23.7. The molecule has 0 heterocycles. The fourth-order valence-corrected chi connectivity index (χ4v) is 1.93. The van der Waals surface area contributed by atoms with Gasteiger partial charge in [-0.1, -0.05) is 71.9 Å². The summed E-state index contributed by atoms with van der Waals surface area (Å²) in [5.74, 6) is 0.0324. The molecule has 2 rings (SSSR count). The number of hydrogen-bond acceptors (Lipinski definition) is 1. The average Bonchev–Trinajstić information content (AvgIpc) is 2.67. The van der Waals surface area contributed by atoms with E-state index in [1.807, 2.05) is 47.6 Å². The first-order valence-corrected chi connectivity index (χ1v) is 9.75. The number of ether oxygens (including phenoxy) is 1. The molecule has 0 amide bonds. The Bertz CT molecular complexity index is 584. The molecule has 0 fully saturated rings. The van der Waals surface area contributed by atoms with Gasteiger partial charge in [-0.25, -0.2) is 0 Å². The van der Waals surface area contributed by atoms with Gasteiger partial charge >= 0.3 is 12.5 Å². The van der Waals surface area contributed by atoms with Crippen LogP contribution in [0.4, 0.5) is 26.3 Å². The third-order valence-electron chi connectivity index (χ3n) is 3.04. The van der Waals surface area contributed by atoms with Crippen molar-refractivity contribution in [1.29, 1.82) is 0 Å². The molecule has 0 atom stereocenters. The molecule has 0 radical (unpaired) electrons. The lowest BCUT2D eigenvalue weighted by Gasteiger charge is -2.16. The molecular weight excluding hydrogens is 394 g/mol. The minimum atomic E-state index is -4.55. The van der Waals surface area contributed by atoms with Gasteiger partial charge in [-0.3, -0.25) is 0 Å². The molecule has 1 nitrogen and oxygen atoms in total. The molecule has 0 saturated heterocycles. The summed E-state index contributed by atoms with van der Waals surface area (Å²) in [6.07, 6.45) is -4.35. The molecule has 1 aromatic rings. The summed E-state index contributed by atoms with van der Waals surface area (Å²) >= 11 is 0. The molecule has 0 aliphatic heterocycles. The van der Waals surface area contributed by atoms with E-state index in [-0.39, 0.29) is 11.3 Å². The summed E-state index contributed by atoms with van der Waals surface area (Å²) in [5, 5.41) is 0. The van der Waals surface area contributed by atoms with Crippen molar-refractivity contribution in [2.75, 3.05) is 0 Å². The topological polar surface area (TPSA) is 9.23 Å². The Hall–Kier alpha value is -1.92. The summed E-state index contributed by atoms with van der Waals surface area (Å²) in [7, 11) is 0. The number of allylic oxidation sites excluding steroid dienone is 4. The molecule has 0 unspecified atom stereocenters. The quantitative estimate of drug-likeness (QED) is 0.405. The van der Waals surface area contributed by atoms with Crippen LogP contribution < -0.4 is 0 Å². The molecule has 0 saturated carbocycles. The van der Waals surface area contributed by atoms with Gasteiger partial charge in [0.2, 0.25) is 0 Å². The first kappa shape index (κ1) is 31.8. The Kier molecular flexibility index (Phi) is 18.6. The lowest BCUT2D eigenvalue weighted by Crippen LogP contribution is -2.14. The van der Waals surface area contributed by atoms with Gasteiger partial charge in [-0.05, 0) is 37.5 Å². The van der Waals surface area contributed by atoms with Gasteiger partial charge in [0.15, 0.2) is 0 Å². The predicted octanol–water partition coefficient (Wildman–Crippen LogP) is 9.24. The Morgan fingerprint density at radius 1 is 0.793 bits per heavy atom. The predicted molar refractivity (Wildman–Crippen MR) is 108 cm³/mol. The van der Waals surface area contributed by atoms with Crippen molar-refractivity contribution in [2.24, 2.45) is 0 Å². The third kappa shape index (κ3) is 15.7. The molecule has 0 N–H and O–H groups in total. The van der Waals surface area contributed by atoms with E-state index < -0.39 is 18.1 Å². The number of halogens is 6. The molecular formula is C22H34F6O. The lowest BCUT2D eigenvalue weighted by molar-refractivity contribution is -0.306. The van der Waals surface area contributed by atoms with Crippen molar-refractivity contribution in [3.05, 3.63) is 58.9 Å². The van der Waals surface area contributed by atoms with Gasteiger partial charge in [0.05, 0.1) is 5.56 Å². The van der Waals surface area contributed by atoms with E-state index in [9.17, 15) is 26.3 Å². The largest absolute Gasteiger partial charge is 0.572 e. The van der Waals surface area contributed by atoms with Crippen LogP contribution in [-0.2, 0) is 10.9 Å². The summed E-state index contributed by atoms with van der Waals surface area (Å²) in [6, 6.07) is 5.50. The minimum absolute atomic E-state index is 0.0324. The van der Waals surface area contributed by atoms with Crippen molar-refractivity contribution in [3.8, 4) is 0 Å². The summed E-state index contributed by atoms with van der Waals surface area (Å²) < 4.78 is 75.2. The van der Waals surface area contributed by atoms with Crippen LogP contribution in [0.2, 0.25) is 0 Å². The van der Waals surface area contributed by atoms with Crippen LogP contribution in [0.25, 0.3) is 0 Å². The van der Waals surface area contributed by atoms with E-state index >= 15 is 0 Å². The van der Waals surface area contributed by atoms with Gasteiger partial charge in [-0.15, -0.1) is 13.2 Å². The van der Waals surface area contributed by atoms with E-state index in [0.717, 1.165) is 6.07 Å². The molecule has 0 aromatic heterocycles. The van der Waals surface area contributed by atoms with Crippen molar-refractivity contribution >= 4 is 0 Å². The number of rotatable bonds is 1. The molecule has 0 spiro atoms. The van der Waals surface area contributed by atoms with Crippen LogP contribution in [0.5, 0.6) is 0 Å². The highest BCUT2D eigenvalue weighted by atomic mass is 19.4. The van der Waals surface area contributed by atoms with Crippen molar-refractivity contribution in [2.45, 2.75) is 80.8 Å². The molecule has 29 heavy (non-hydrogen) atoms. The van der Waals surface area contributed by atoms with Gasteiger partial charge in [0.1, 0.15) is 5.76 Å². The monoisotopic (exact) mass is 428 g/mol. The van der Waals surface area contributed by atoms with E-state index in [1.165, 1.54) is 19.1 Å². The maximum Gasteiger partial charge on any atom is 0.572 e. The van der Waals surface area contributed by atoms with Gasteiger partial charge in [0, 0.05) is 6.42 Å². The second-order valence-electron chi connectivity index (χ2n) is 4.91. The van der Waals surface area contributed by atoms with Crippen LogP contribution in [0.3, 0.4) is 0 Å². The highest BCUT2D eigenvalue weighted by Crippen LogP contribution is 2.31. The van der Waals surface area contributed by atoms with E-state index in [0.29, 0.717) is 18.4 Å². The standard InChI is InChI=1S/C8H9F3O.C8H7F3.3C2H6/c1-6-4-2-3-5-7(6)12-8(9,10)11;1-6-4-2-3-5-7(6)8(9,10)11;3*1-2/h2,4H,3,5H2,1H3;2-5H,1H3;3*1-2H3. The highest BCUT2D eigenvalue weighted by molar-refractivity contribution is 5.27. The molecule has 7 heteroatoms. The minimum Gasteiger partial charge on any atom is -0.410 e. The Morgan fingerprint density at radius 3 is 1.62 bits per heavy atom. The smallest absolute Gasteiger partial charge is 0.410 e. The second kappa shape index (κ2) is 17.0. The van der Waals surface area contributed by atoms with Gasteiger partial charge in [0.25, 0.3) is 0 Å². The van der Waals surface area contributed by atoms with Crippen LogP contribution in [0.15, 0.2) is 47.7 Å². The van der Waals surface area contributed by atoms with E-state index in [4.69, 9.17) is 0 Å². The van der Waals surface area contributed by atoms with Crippen LogP contribution >= 0.6 is 0 Å². The van der Waals surface area contributed by atoms with Crippen LogP contribution in [0.1, 0.15) is 72.4 Å². The summed E-state index contributed by atoms with van der Waals surface area (Å²) in [4.78, 5) is 0. The summed E-state index contributed by atoms with van der Waals surface area (Å²) in [5.41, 5.74) is 0.263. The zero-order valence-corrected chi connectivity index (χ0v) is 18.6.